The van der Waals surface area contributed by atoms with E-state index in [0.717, 1.165) is 0 Å². The Morgan fingerprint density at radius 1 is 0.867 bits per heavy atom. The molecule has 1 amide bonds. The van der Waals surface area contributed by atoms with Crippen molar-refractivity contribution in [3.63, 3.8) is 0 Å². The lowest BCUT2D eigenvalue weighted by atomic mass is 9.98. The number of nitrogens with zero attached hydrogens (tertiary/aromatic N) is 1. The number of hydrogen-bond donors (Lipinski definition) is 1. The zero-order chi connectivity index (χ0) is 21.5. The highest BCUT2D eigenvalue weighted by Crippen LogP contribution is 2.18. The van der Waals surface area contributed by atoms with Crippen molar-refractivity contribution in [3.8, 4) is 6.07 Å². The molecule has 30 heavy (non-hydrogen) atoms. The van der Waals surface area contributed by atoms with Crippen molar-refractivity contribution < 1.29 is 19.1 Å². The molecular formula is C24H18N2O4. The zero-order valence-corrected chi connectivity index (χ0v) is 16.2. The lowest BCUT2D eigenvalue weighted by Gasteiger charge is -2.15. The van der Waals surface area contributed by atoms with Gasteiger partial charge >= 0.3 is 5.97 Å². The summed E-state index contributed by atoms with van der Waals surface area (Å²) in [6, 6.07) is 23.4. The minimum Gasteiger partial charge on any atom is -0.449 e. The second kappa shape index (κ2) is 9.30. The fourth-order valence-corrected chi connectivity index (χ4v) is 2.81. The summed E-state index contributed by atoms with van der Waals surface area (Å²) >= 11 is 0. The van der Waals surface area contributed by atoms with Crippen LogP contribution in [0.1, 0.15) is 38.8 Å². The Balaban J connectivity index is 1.75. The summed E-state index contributed by atoms with van der Waals surface area (Å²) in [4.78, 5) is 37.9. The quantitative estimate of drug-likeness (QED) is 0.501. The topological polar surface area (TPSA) is 96.3 Å². The second-order valence-corrected chi connectivity index (χ2v) is 6.43. The maximum absolute atomic E-state index is 12.8. The number of carbonyl (C=O) groups excluding carboxylic acids is 3. The molecule has 6 heteroatoms. The molecule has 0 heterocycles. The molecule has 0 bridgehead atoms. The Kier molecular flexibility index (Phi) is 6.36. The van der Waals surface area contributed by atoms with E-state index in [1.54, 1.807) is 72.8 Å². The van der Waals surface area contributed by atoms with Gasteiger partial charge in [-0.3, -0.25) is 9.59 Å². The lowest BCUT2D eigenvalue weighted by molar-refractivity contribution is -0.123. The molecule has 0 aromatic heterocycles. The number of ether oxygens (including phenoxy) is 1. The minimum absolute atomic E-state index is 0.0726. The van der Waals surface area contributed by atoms with Gasteiger partial charge < -0.3 is 10.1 Å². The number of hydrogen-bond acceptors (Lipinski definition) is 5. The van der Waals surface area contributed by atoms with Crippen molar-refractivity contribution in [1.29, 1.82) is 5.26 Å². The molecule has 0 saturated carbocycles. The van der Waals surface area contributed by atoms with Gasteiger partial charge in [0.15, 0.2) is 11.9 Å². The van der Waals surface area contributed by atoms with Gasteiger partial charge in [0, 0.05) is 11.1 Å². The first-order valence-corrected chi connectivity index (χ1v) is 9.21. The molecular weight excluding hydrogens is 380 g/mol. The van der Waals surface area contributed by atoms with Gasteiger partial charge in [-0.15, -0.1) is 0 Å². The van der Waals surface area contributed by atoms with E-state index in [1.165, 1.54) is 13.0 Å². The van der Waals surface area contributed by atoms with Crippen molar-refractivity contribution >= 4 is 23.3 Å². The SMILES string of the molecule is C[C@@H](OC(=O)c1ccccc1C(=O)c1ccccc1)C(=O)Nc1ccccc1C#N. The largest absolute Gasteiger partial charge is 0.449 e. The molecule has 6 nitrogen and oxygen atoms in total. The van der Waals surface area contributed by atoms with Crippen LogP contribution in [0.3, 0.4) is 0 Å². The Labute approximate surface area is 173 Å². The fourth-order valence-electron chi connectivity index (χ4n) is 2.81. The number of rotatable bonds is 6. The van der Waals surface area contributed by atoms with Crippen LogP contribution in [0, 0.1) is 11.3 Å². The van der Waals surface area contributed by atoms with Gasteiger partial charge in [-0.05, 0) is 25.1 Å². The highest BCUT2D eigenvalue weighted by molar-refractivity contribution is 6.14. The first kappa shape index (κ1) is 20.5. The van der Waals surface area contributed by atoms with Crippen molar-refractivity contribution in [2.45, 2.75) is 13.0 Å². The average Bonchev–Trinajstić information content (AvgIpc) is 2.79. The third-order valence-corrected chi connectivity index (χ3v) is 4.39. The number of esters is 1. The van der Waals surface area contributed by atoms with Gasteiger partial charge in [0.2, 0.25) is 0 Å². The van der Waals surface area contributed by atoms with E-state index in [-0.39, 0.29) is 16.9 Å². The number of anilines is 1. The third kappa shape index (κ3) is 4.59. The van der Waals surface area contributed by atoms with E-state index in [4.69, 9.17) is 10.00 Å². The van der Waals surface area contributed by atoms with Crippen LogP contribution in [0.2, 0.25) is 0 Å². The smallest absolute Gasteiger partial charge is 0.339 e. The summed E-state index contributed by atoms with van der Waals surface area (Å²) in [5, 5.41) is 11.7. The average molecular weight is 398 g/mol. The monoisotopic (exact) mass is 398 g/mol. The van der Waals surface area contributed by atoms with Gasteiger partial charge in [-0.2, -0.15) is 5.26 Å². The maximum atomic E-state index is 12.8. The van der Waals surface area contributed by atoms with Crippen LogP contribution in [-0.4, -0.2) is 23.8 Å². The van der Waals surface area contributed by atoms with Crippen LogP contribution < -0.4 is 5.32 Å². The molecule has 3 aromatic carbocycles. The molecule has 1 atom stereocenters. The van der Waals surface area contributed by atoms with Crippen LogP contribution >= 0.6 is 0 Å². The molecule has 0 aliphatic carbocycles. The molecule has 1 N–H and O–H groups in total. The highest BCUT2D eigenvalue weighted by atomic mass is 16.5. The van der Waals surface area contributed by atoms with E-state index < -0.39 is 18.0 Å². The summed E-state index contributed by atoms with van der Waals surface area (Å²) in [5.41, 5.74) is 1.33. The summed E-state index contributed by atoms with van der Waals surface area (Å²) in [5.74, 6) is -1.69. The fraction of sp³-hybridized carbons (Fsp3) is 0.0833. The van der Waals surface area contributed by atoms with Crippen molar-refractivity contribution in [1.82, 2.24) is 0 Å². The van der Waals surface area contributed by atoms with Gasteiger partial charge in [-0.1, -0.05) is 60.7 Å². The van der Waals surface area contributed by atoms with Crippen molar-refractivity contribution in [3.05, 3.63) is 101 Å². The van der Waals surface area contributed by atoms with Gasteiger partial charge in [0.05, 0.1) is 16.8 Å². The van der Waals surface area contributed by atoms with Gasteiger partial charge in [-0.25, -0.2) is 4.79 Å². The normalized spacial score (nSPS) is 11.1. The lowest BCUT2D eigenvalue weighted by Crippen LogP contribution is -2.30. The number of amides is 1. The summed E-state index contributed by atoms with van der Waals surface area (Å²) in [7, 11) is 0. The van der Waals surface area contributed by atoms with Crippen LogP contribution in [0.15, 0.2) is 78.9 Å². The number of ketones is 1. The molecule has 0 aliphatic heterocycles. The minimum atomic E-state index is -1.14. The molecule has 0 fully saturated rings. The first-order valence-electron chi connectivity index (χ1n) is 9.21. The van der Waals surface area contributed by atoms with E-state index in [9.17, 15) is 14.4 Å². The summed E-state index contributed by atoms with van der Waals surface area (Å²) < 4.78 is 5.28. The Bertz CT molecular complexity index is 1130. The summed E-state index contributed by atoms with van der Waals surface area (Å²) in [6.07, 6.45) is -1.14. The molecule has 0 unspecified atom stereocenters. The molecule has 148 valence electrons. The first-order chi connectivity index (χ1) is 14.5. The molecule has 0 aliphatic rings. The Morgan fingerprint density at radius 2 is 1.47 bits per heavy atom. The molecule has 3 aromatic rings. The van der Waals surface area contributed by atoms with Crippen LogP contribution in [0.5, 0.6) is 0 Å². The number of benzene rings is 3. The number of para-hydroxylation sites is 1. The molecule has 0 radical (unpaired) electrons. The maximum Gasteiger partial charge on any atom is 0.339 e. The van der Waals surface area contributed by atoms with Crippen molar-refractivity contribution in [2.24, 2.45) is 0 Å². The molecule has 0 saturated heterocycles. The zero-order valence-electron chi connectivity index (χ0n) is 16.2. The van der Waals surface area contributed by atoms with E-state index in [1.807, 2.05) is 6.07 Å². The Morgan fingerprint density at radius 3 is 2.17 bits per heavy atom. The third-order valence-electron chi connectivity index (χ3n) is 4.39. The highest BCUT2D eigenvalue weighted by Gasteiger charge is 2.23. The van der Waals surface area contributed by atoms with E-state index in [0.29, 0.717) is 16.8 Å². The molecule has 0 spiro atoms. The van der Waals surface area contributed by atoms with E-state index >= 15 is 0 Å². The van der Waals surface area contributed by atoms with Gasteiger partial charge in [0.1, 0.15) is 6.07 Å². The number of nitrogens with one attached hydrogen (secondary N) is 1. The number of nitriles is 1. The second-order valence-electron chi connectivity index (χ2n) is 6.43. The van der Waals surface area contributed by atoms with Crippen LogP contribution in [0.4, 0.5) is 5.69 Å². The Hall–Kier alpha value is -4.24. The van der Waals surface area contributed by atoms with Crippen LogP contribution in [0.25, 0.3) is 0 Å². The van der Waals surface area contributed by atoms with Crippen molar-refractivity contribution in [2.75, 3.05) is 5.32 Å². The molecule has 3 rings (SSSR count). The predicted octanol–water partition coefficient (Wildman–Crippen LogP) is 3.97. The van der Waals surface area contributed by atoms with E-state index in [2.05, 4.69) is 5.32 Å². The predicted molar refractivity (Wildman–Crippen MR) is 111 cm³/mol. The van der Waals surface area contributed by atoms with Crippen LogP contribution in [-0.2, 0) is 9.53 Å². The van der Waals surface area contributed by atoms with Gasteiger partial charge in [0.25, 0.3) is 5.91 Å². The number of carbonyl (C=O) groups is 3. The summed E-state index contributed by atoms with van der Waals surface area (Å²) in [6.45, 7) is 1.42. The standard InChI is InChI=1S/C24H18N2O4/c1-16(23(28)26-21-14-8-5-11-18(21)15-25)30-24(29)20-13-7-6-12-19(20)22(27)17-9-3-2-4-10-17/h2-14,16H,1H3,(H,26,28)/t16-/m1/s1.